The molecule has 1 aromatic heterocycles. The third-order valence-corrected chi connectivity index (χ3v) is 5.78. The molecule has 1 aliphatic rings. The first kappa shape index (κ1) is 20.7. The fourth-order valence-electron chi connectivity index (χ4n) is 4.02. The summed E-state index contributed by atoms with van der Waals surface area (Å²) in [7, 11) is 1.88. The molecule has 0 saturated carbocycles. The third-order valence-electron chi connectivity index (χ3n) is 5.78. The third kappa shape index (κ3) is 3.66. The van der Waals surface area contributed by atoms with E-state index in [1.54, 1.807) is 4.68 Å². The lowest BCUT2D eigenvalue weighted by Gasteiger charge is -2.40. The normalized spacial score (nSPS) is 26.7. The first-order valence-electron chi connectivity index (χ1n) is 9.91. The van der Waals surface area contributed by atoms with E-state index in [1.165, 1.54) is 0 Å². The van der Waals surface area contributed by atoms with E-state index in [9.17, 15) is 20.4 Å². The van der Waals surface area contributed by atoms with Crippen molar-refractivity contribution in [3.05, 3.63) is 65.9 Å². The molecule has 1 fully saturated rings. The largest absolute Gasteiger partial charge is 0.394 e. The Morgan fingerprint density at radius 2 is 1.63 bits per heavy atom. The van der Waals surface area contributed by atoms with Crippen LogP contribution in [-0.4, -0.2) is 61.2 Å². The highest BCUT2D eigenvalue weighted by atomic mass is 16.5. The molecular weight excluding hydrogens is 384 g/mol. The Kier molecular flexibility index (Phi) is 5.73. The molecule has 0 amide bonds. The molecule has 5 atom stereocenters. The first-order chi connectivity index (χ1) is 14.4. The number of rotatable bonds is 4. The molecule has 7 nitrogen and oxygen atoms in total. The van der Waals surface area contributed by atoms with Gasteiger partial charge in [-0.3, -0.25) is 4.68 Å². The molecule has 0 spiro atoms. The number of aliphatic hydroxyl groups excluding tert-OH is 4. The lowest BCUT2D eigenvalue weighted by molar-refractivity contribution is -0.231. The van der Waals surface area contributed by atoms with Crippen molar-refractivity contribution in [2.24, 2.45) is 7.05 Å². The summed E-state index contributed by atoms with van der Waals surface area (Å²) < 4.78 is 7.51. The lowest BCUT2D eigenvalue weighted by atomic mass is 9.87. The molecule has 4 rings (SSSR count). The lowest BCUT2D eigenvalue weighted by Crippen LogP contribution is -2.55. The van der Waals surface area contributed by atoms with Crippen molar-refractivity contribution in [2.75, 3.05) is 6.61 Å². The Morgan fingerprint density at radius 3 is 2.27 bits per heavy atom. The number of benzene rings is 2. The van der Waals surface area contributed by atoms with Gasteiger partial charge in [0.25, 0.3) is 0 Å². The van der Waals surface area contributed by atoms with E-state index in [4.69, 9.17) is 4.74 Å². The van der Waals surface area contributed by atoms with E-state index in [0.29, 0.717) is 5.56 Å². The topological polar surface area (TPSA) is 108 Å². The fraction of sp³-hybridized carbons (Fsp3) is 0.348. The summed E-state index contributed by atoms with van der Waals surface area (Å²) >= 11 is 0. The minimum Gasteiger partial charge on any atom is -0.394 e. The van der Waals surface area contributed by atoms with Gasteiger partial charge in [0.2, 0.25) is 0 Å². The van der Waals surface area contributed by atoms with E-state index in [0.717, 1.165) is 27.9 Å². The van der Waals surface area contributed by atoms with Crippen LogP contribution >= 0.6 is 0 Å². The molecule has 0 bridgehead atoms. The van der Waals surface area contributed by atoms with Crippen molar-refractivity contribution in [2.45, 2.75) is 37.4 Å². The zero-order valence-electron chi connectivity index (χ0n) is 16.9. The van der Waals surface area contributed by atoms with Crippen molar-refractivity contribution in [3.8, 4) is 22.4 Å². The second-order valence-electron chi connectivity index (χ2n) is 7.72. The van der Waals surface area contributed by atoms with Crippen LogP contribution in [0.4, 0.5) is 0 Å². The molecule has 30 heavy (non-hydrogen) atoms. The van der Waals surface area contributed by atoms with E-state index >= 15 is 0 Å². The Balaban J connectivity index is 1.66. The predicted molar refractivity (Wildman–Crippen MR) is 112 cm³/mol. The van der Waals surface area contributed by atoms with Crippen molar-refractivity contribution in [1.82, 2.24) is 9.78 Å². The van der Waals surface area contributed by atoms with E-state index in [-0.39, 0.29) is 0 Å². The van der Waals surface area contributed by atoms with Gasteiger partial charge in [0, 0.05) is 18.8 Å². The number of aliphatic hydroxyl groups is 4. The summed E-state index contributed by atoms with van der Waals surface area (Å²) in [4.78, 5) is 0. The number of ether oxygens (including phenoxy) is 1. The maximum absolute atomic E-state index is 10.5. The first-order valence-corrected chi connectivity index (χ1v) is 9.91. The molecule has 2 heterocycles. The van der Waals surface area contributed by atoms with Crippen molar-refractivity contribution in [3.63, 3.8) is 0 Å². The van der Waals surface area contributed by atoms with Crippen LogP contribution in [0, 0.1) is 6.92 Å². The number of nitrogens with zero attached hydrogens (tertiary/aromatic N) is 2. The van der Waals surface area contributed by atoms with Crippen molar-refractivity contribution < 1.29 is 25.2 Å². The quantitative estimate of drug-likeness (QED) is 0.520. The highest BCUT2D eigenvalue weighted by Crippen LogP contribution is 2.37. The zero-order valence-corrected chi connectivity index (χ0v) is 16.9. The maximum atomic E-state index is 10.5. The monoisotopic (exact) mass is 410 g/mol. The van der Waals surface area contributed by atoms with Gasteiger partial charge >= 0.3 is 0 Å². The van der Waals surface area contributed by atoms with Crippen LogP contribution in [0.3, 0.4) is 0 Å². The summed E-state index contributed by atoms with van der Waals surface area (Å²) in [6, 6.07) is 15.7. The average molecular weight is 410 g/mol. The van der Waals surface area contributed by atoms with E-state index in [2.05, 4.69) is 5.10 Å². The minimum absolute atomic E-state index is 0.449. The molecule has 1 aliphatic heterocycles. The van der Waals surface area contributed by atoms with Crippen LogP contribution in [0.2, 0.25) is 0 Å². The summed E-state index contributed by atoms with van der Waals surface area (Å²) in [6.07, 6.45) is -3.96. The van der Waals surface area contributed by atoms with Gasteiger partial charge in [-0.1, -0.05) is 42.5 Å². The Morgan fingerprint density at radius 1 is 0.933 bits per heavy atom. The van der Waals surface area contributed by atoms with Gasteiger partial charge in [-0.2, -0.15) is 5.10 Å². The molecule has 7 heteroatoms. The highest BCUT2D eigenvalue weighted by molar-refractivity contribution is 5.72. The Hall–Kier alpha value is -2.55. The molecule has 0 aliphatic carbocycles. The molecule has 0 radical (unpaired) electrons. The molecule has 158 valence electrons. The Bertz CT molecular complexity index is 1010. The van der Waals surface area contributed by atoms with E-state index < -0.39 is 37.1 Å². The highest BCUT2D eigenvalue weighted by Gasteiger charge is 2.44. The van der Waals surface area contributed by atoms with Crippen LogP contribution in [0.25, 0.3) is 22.4 Å². The molecule has 3 aromatic rings. The molecule has 2 aromatic carbocycles. The predicted octanol–water partition coefficient (Wildman–Crippen LogP) is 1.58. The second-order valence-corrected chi connectivity index (χ2v) is 7.72. The SMILES string of the molecule is Cc1c(-c2ccc(-c3ccn(C)n3)cc2)cccc1C1OC(CO)C(O)C(O)C1O. The second kappa shape index (κ2) is 8.29. The van der Waals surface area contributed by atoms with Gasteiger partial charge in [-0.15, -0.1) is 0 Å². The maximum Gasteiger partial charge on any atom is 0.113 e. The standard InChI is InChI=1S/C23H26N2O5/c1-13-16(14-6-8-15(9-7-14)18-10-11-25(2)24-18)4-3-5-17(13)23-22(29)21(28)20(27)19(12-26)30-23/h3-11,19-23,26-29H,12H2,1-2H3. The zero-order chi connectivity index (χ0) is 21.4. The van der Waals surface area contributed by atoms with Gasteiger partial charge < -0.3 is 25.2 Å². The van der Waals surface area contributed by atoms with E-state index in [1.807, 2.05) is 68.7 Å². The van der Waals surface area contributed by atoms with Crippen LogP contribution in [0.15, 0.2) is 54.7 Å². The average Bonchev–Trinajstić information content (AvgIpc) is 3.19. The van der Waals surface area contributed by atoms with Gasteiger partial charge in [-0.05, 0) is 35.2 Å². The fourth-order valence-corrected chi connectivity index (χ4v) is 4.02. The number of hydrogen-bond acceptors (Lipinski definition) is 6. The molecule has 1 saturated heterocycles. The van der Waals surface area contributed by atoms with Crippen molar-refractivity contribution >= 4 is 0 Å². The Labute approximate surface area is 174 Å². The summed E-state index contributed by atoms with van der Waals surface area (Å²) in [5.74, 6) is 0. The summed E-state index contributed by atoms with van der Waals surface area (Å²) in [5, 5.41) is 44.6. The van der Waals surface area contributed by atoms with Crippen LogP contribution in [-0.2, 0) is 11.8 Å². The minimum atomic E-state index is -1.40. The number of hydrogen-bond donors (Lipinski definition) is 4. The van der Waals surface area contributed by atoms with Gasteiger partial charge in [0.05, 0.1) is 12.3 Å². The number of aromatic nitrogens is 2. The van der Waals surface area contributed by atoms with Gasteiger partial charge in [0.15, 0.2) is 0 Å². The van der Waals surface area contributed by atoms with Crippen LogP contribution in [0.1, 0.15) is 17.2 Å². The molecule has 4 N–H and O–H groups in total. The van der Waals surface area contributed by atoms with Crippen molar-refractivity contribution in [1.29, 1.82) is 0 Å². The number of aryl methyl sites for hydroxylation is 1. The van der Waals surface area contributed by atoms with Gasteiger partial charge in [0.1, 0.15) is 30.5 Å². The smallest absolute Gasteiger partial charge is 0.113 e. The van der Waals surface area contributed by atoms with Crippen LogP contribution in [0.5, 0.6) is 0 Å². The van der Waals surface area contributed by atoms with Gasteiger partial charge in [-0.25, -0.2) is 0 Å². The van der Waals surface area contributed by atoms with Crippen LogP contribution < -0.4 is 0 Å². The molecule has 5 unspecified atom stereocenters. The molecular formula is C23H26N2O5. The summed E-state index contributed by atoms with van der Waals surface area (Å²) in [5.41, 5.74) is 5.49. The summed E-state index contributed by atoms with van der Waals surface area (Å²) in [6.45, 7) is 1.48.